The third-order valence-corrected chi connectivity index (χ3v) is 6.71. The van der Waals surface area contributed by atoms with Gasteiger partial charge in [-0.05, 0) is 56.5 Å². The molecule has 0 aromatic heterocycles. The summed E-state index contributed by atoms with van der Waals surface area (Å²) in [5, 5.41) is 26.0. The monoisotopic (exact) mass is 465 g/mol. The number of aliphatic hydroxyl groups is 1. The van der Waals surface area contributed by atoms with Crippen molar-refractivity contribution >= 4 is 17.7 Å². The molecule has 34 heavy (non-hydrogen) atoms. The fourth-order valence-corrected chi connectivity index (χ4v) is 4.77. The molecule has 7 heteroatoms. The molecule has 3 N–H and O–H groups in total. The molecule has 1 amide bonds. The lowest BCUT2D eigenvalue weighted by molar-refractivity contribution is -0.142. The van der Waals surface area contributed by atoms with E-state index in [1.807, 2.05) is 19.9 Å². The Morgan fingerprint density at radius 2 is 1.94 bits per heavy atom. The molecule has 2 aliphatic rings. The molecule has 4 rings (SSSR count). The van der Waals surface area contributed by atoms with Crippen LogP contribution in [0.25, 0.3) is 6.08 Å². The SMILES string of the molecule is C=C(C)[C@H]1CC[C@](C)(/C=C/c2ccc3c(c2O)[C@@](O)(c2ccc(OC)cc2)[C@H](OC)C(=O)N3)O1. The first-order valence-corrected chi connectivity index (χ1v) is 11.2. The highest BCUT2D eigenvalue weighted by molar-refractivity contribution is 6.00. The topological polar surface area (TPSA) is 97.3 Å². The molecule has 0 saturated carbocycles. The van der Waals surface area contributed by atoms with E-state index in [0.717, 1.165) is 18.4 Å². The average molecular weight is 466 g/mol. The van der Waals surface area contributed by atoms with Crippen molar-refractivity contribution in [3.05, 3.63) is 71.3 Å². The molecule has 0 spiro atoms. The van der Waals surface area contributed by atoms with Crippen molar-refractivity contribution in [2.75, 3.05) is 19.5 Å². The highest BCUT2D eigenvalue weighted by Crippen LogP contribution is 2.48. The molecule has 0 unspecified atom stereocenters. The van der Waals surface area contributed by atoms with Gasteiger partial charge in [0.2, 0.25) is 0 Å². The molecule has 2 aliphatic heterocycles. The number of amides is 1. The van der Waals surface area contributed by atoms with E-state index in [0.29, 0.717) is 22.6 Å². The summed E-state index contributed by atoms with van der Waals surface area (Å²) in [6, 6.07) is 10.0. The minimum Gasteiger partial charge on any atom is -0.507 e. The van der Waals surface area contributed by atoms with Crippen LogP contribution in [0.4, 0.5) is 5.69 Å². The first-order valence-electron chi connectivity index (χ1n) is 11.2. The number of hydrogen-bond donors (Lipinski definition) is 3. The summed E-state index contributed by atoms with van der Waals surface area (Å²) in [6.07, 6.45) is 4.13. The zero-order valence-electron chi connectivity index (χ0n) is 19.9. The predicted octanol–water partition coefficient (Wildman–Crippen LogP) is 4.13. The number of carbonyl (C=O) groups is 1. The van der Waals surface area contributed by atoms with Crippen molar-refractivity contribution in [2.24, 2.45) is 0 Å². The minimum atomic E-state index is -1.93. The van der Waals surface area contributed by atoms with Crippen LogP contribution in [0.1, 0.15) is 43.4 Å². The largest absolute Gasteiger partial charge is 0.507 e. The smallest absolute Gasteiger partial charge is 0.257 e. The lowest BCUT2D eigenvalue weighted by atomic mass is 9.76. The summed E-state index contributed by atoms with van der Waals surface area (Å²) in [4.78, 5) is 12.8. The number of phenolic OH excluding ortho intramolecular Hbond substituents is 1. The summed E-state index contributed by atoms with van der Waals surface area (Å²) >= 11 is 0. The molecule has 180 valence electrons. The number of rotatable bonds is 6. The molecule has 0 aliphatic carbocycles. The van der Waals surface area contributed by atoms with Gasteiger partial charge in [-0.3, -0.25) is 4.79 Å². The van der Waals surface area contributed by atoms with E-state index in [1.165, 1.54) is 7.11 Å². The summed E-state index contributed by atoms with van der Waals surface area (Å²) < 4.78 is 16.8. The maximum atomic E-state index is 12.8. The Balaban J connectivity index is 1.79. The molecule has 2 aromatic carbocycles. The van der Waals surface area contributed by atoms with Gasteiger partial charge in [0.15, 0.2) is 11.7 Å². The fraction of sp³-hybridized carbons (Fsp3) is 0.370. The third-order valence-electron chi connectivity index (χ3n) is 6.71. The standard InChI is InChI=1S/C27H31NO6/c1-16(2)21-13-15-26(3,34-21)14-12-17-6-11-20-22(23(17)29)27(31,24(33-5)25(30)28-20)18-7-9-19(32-4)10-8-18/h6-12,14,21,24,29,31H,1,13,15H2,2-5H3,(H,28,30)/b14-12+/t21-,24-,26+,27+/m1/s1. The van der Waals surface area contributed by atoms with Gasteiger partial charge in [0, 0.05) is 12.7 Å². The summed E-state index contributed by atoms with van der Waals surface area (Å²) in [5.74, 6) is -0.0542. The zero-order chi connectivity index (χ0) is 24.7. The summed E-state index contributed by atoms with van der Waals surface area (Å²) in [5.41, 5.74) is -0.0732. The van der Waals surface area contributed by atoms with Crippen LogP contribution >= 0.6 is 0 Å². The summed E-state index contributed by atoms with van der Waals surface area (Å²) in [6.45, 7) is 7.94. The van der Waals surface area contributed by atoms with Crippen LogP contribution in [0.2, 0.25) is 0 Å². The third kappa shape index (κ3) is 4.00. The number of ether oxygens (including phenoxy) is 3. The number of aromatic hydroxyl groups is 1. The highest BCUT2D eigenvalue weighted by Gasteiger charge is 2.51. The number of anilines is 1. The van der Waals surface area contributed by atoms with Crippen LogP contribution in [-0.4, -0.2) is 48.1 Å². The van der Waals surface area contributed by atoms with Gasteiger partial charge in [-0.2, -0.15) is 0 Å². The molecule has 2 heterocycles. The molecular weight excluding hydrogens is 434 g/mol. The number of hydrogen-bond acceptors (Lipinski definition) is 6. The van der Waals surface area contributed by atoms with Crippen molar-refractivity contribution < 1.29 is 29.2 Å². The number of fused-ring (bicyclic) bond motifs is 1. The number of nitrogens with one attached hydrogen (secondary N) is 1. The molecule has 1 fully saturated rings. The number of methoxy groups -OCH3 is 2. The maximum Gasteiger partial charge on any atom is 0.257 e. The van der Waals surface area contributed by atoms with Crippen molar-refractivity contribution in [2.45, 2.75) is 50.1 Å². The van der Waals surface area contributed by atoms with E-state index < -0.39 is 23.2 Å². The van der Waals surface area contributed by atoms with Gasteiger partial charge in [0.1, 0.15) is 11.5 Å². The highest BCUT2D eigenvalue weighted by atomic mass is 16.5. The van der Waals surface area contributed by atoms with Crippen molar-refractivity contribution in [1.29, 1.82) is 0 Å². The van der Waals surface area contributed by atoms with Crippen molar-refractivity contribution in [1.82, 2.24) is 0 Å². The van der Waals surface area contributed by atoms with Crippen LogP contribution in [0.15, 0.2) is 54.6 Å². The van der Waals surface area contributed by atoms with E-state index in [-0.39, 0.29) is 17.4 Å². The molecule has 0 bridgehead atoms. The van der Waals surface area contributed by atoms with E-state index in [2.05, 4.69) is 11.9 Å². The van der Waals surface area contributed by atoms with Gasteiger partial charge in [0.25, 0.3) is 5.91 Å². The second-order valence-corrected chi connectivity index (χ2v) is 9.16. The quantitative estimate of drug-likeness (QED) is 0.555. The molecule has 7 nitrogen and oxygen atoms in total. The van der Waals surface area contributed by atoms with E-state index >= 15 is 0 Å². The Morgan fingerprint density at radius 1 is 1.24 bits per heavy atom. The molecule has 4 atom stereocenters. The first kappa shape index (κ1) is 24.0. The van der Waals surface area contributed by atoms with Gasteiger partial charge < -0.3 is 29.7 Å². The Labute approximate surface area is 199 Å². The van der Waals surface area contributed by atoms with Gasteiger partial charge >= 0.3 is 0 Å². The Morgan fingerprint density at radius 3 is 2.53 bits per heavy atom. The molecule has 2 aromatic rings. The minimum absolute atomic E-state index is 0.00428. The average Bonchev–Trinajstić information content (AvgIpc) is 3.21. The maximum absolute atomic E-state index is 12.8. The van der Waals surface area contributed by atoms with Crippen LogP contribution in [0.3, 0.4) is 0 Å². The van der Waals surface area contributed by atoms with Crippen molar-refractivity contribution in [3.63, 3.8) is 0 Å². The van der Waals surface area contributed by atoms with E-state index in [4.69, 9.17) is 14.2 Å². The lowest BCUT2D eigenvalue weighted by Crippen LogP contribution is -2.52. The predicted molar refractivity (Wildman–Crippen MR) is 130 cm³/mol. The number of benzene rings is 2. The van der Waals surface area contributed by atoms with E-state index in [1.54, 1.807) is 49.6 Å². The van der Waals surface area contributed by atoms with Gasteiger partial charge in [-0.25, -0.2) is 0 Å². The normalized spacial score (nSPS) is 28.6. The molecular formula is C27H31NO6. The summed E-state index contributed by atoms with van der Waals surface area (Å²) in [7, 11) is 2.89. The van der Waals surface area contributed by atoms with Crippen LogP contribution < -0.4 is 10.1 Å². The molecule has 0 radical (unpaired) electrons. The zero-order valence-corrected chi connectivity index (χ0v) is 19.9. The van der Waals surface area contributed by atoms with Crippen LogP contribution in [-0.2, 0) is 19.9 Å². The molecule has 1 saturated heterocycles. The Bertz CT molecular complexity index is 1140. The Kier molecular flexibility index (Phi) is 6.29. The van der Waals surface area contributed by atoms with E-state index in [9.17, 15) is 15.0 Å². The first-order chi connectivity index (χ1) is 16.1. The second kappa shape index (κ2) is 8.91. The Hall–Kier alpha value is -3.13. The van der Waals surface area contributed by atoms with Gasteiger partial charge in [-0.15, -0.1) is 0 Å². The van der Waals surface area contributed by atoms with Crippen molar-refractivity contribution in [3.8, 4) is 11.5 Å². The second-order valence-electron chi connectivity index (χ2n) is 9.16. The number of phenols is 1. The van der Waals surface area contributed by atoms with Gasteiger partial charge in [0.05, 0.1) is 30.1 Å². The lowest BCUT2D eigenvalue weighted by Gasteiger charge is -2.40. The van der Waals surface area contributed by atoms with Crippen LogP contribution in [0, 0.1) is 0 Å². The van der Waals surface area contributed by atoms with Crippen LogP contribution in [0.5, 0.6) is 11.5 Å². The fourth-order valence-electron chi connectivity index (χ4n) is 4.77. The van der Waals surface area contributed by atoms with Gasteiger partial charge in [-0.1, -0.05) is 36.4 Å². The number of carbonyl (C=O) groups excluding carboxylic acids is 1.